The third-order valence-electron chi connectivity index (χ3n) is 4.66. The van der Waals surface area contributed by atoms with Crippen LogP contribution in [-0.2, 0) is 21.2 Å². The molecule has 0 atom stereocenters. The molecular weight excluding hydrogens is 402 g/mol. The van der Waals surface area contributed by atoms with Crippen molar-refractivity contribution in [2.45, 2.75) is 32.3 Å². The predicted octanol–water partition coefficient (Wildman–Crippen LogP) is 1.46. The second kappa shape index (κ2) is 8.37. The number of rotatable bonds is 6. The predicted molar refractivity (Wildman–Crippen MR) is 99.9 cm³/mol. The molecule has 0 aromatic carbocycles. The molecule has 2 aromatic rings. The lowest BCUT2D eigenvalue weighted by Gasteiger charge is -2.33. The number of carbonyl (C=O) groups is 2. The highest BCUT2D eigenvalue weighted by Gasteiger charge is 2.34. The molecule has 10 nitrogen and oxygen atoms in total. The largest absolute Gasteiger partial charge is 0.460 e. The van der Waals surface area contributed by atoms with Gasteiger partial charge in [0.05, 0.1) is 12.3 Å². The molecule has 0 radical (unpaired) electrons. The summed E-state index contributed by atoms with van der Waals surface area (Å²) in [6.45, 7) is 6.01. The third-order valence-corrected chi connectivity index (χ3v) is 6.43. The van der Waals surface area contributed by atoms with E-state index in [9.17, 15) is 18.0 Å². The minimum Gasteiger partial charge on any atom is -0.460 e. The van der Waals surface area contributed by atoms with Gasteiger partial charge in [0.2, 0.25) is 10.9 Å². The van der Waals surface area contributed by atoms with Crippen LogP contribution in [0.5, 0.6) is 0 Å². The summed E-state index contributed by atoms with van der Waals surface area (Å²) in [6, 6.07) is 2.50. The average Bonchev–Trinajstić information content (AvgIpc) is 3.35. The van der Waals surface area contributed by atoms with Gasteiger partial charge in [0.25, 0.3) is 15.9 Å². The summed E-state index contributed by atoms with van der Waals surface area (Å²) in [5.41, 5.74) is 1.03. The standard InChI is InChI=1S/C18H23N3O7S/c1-4-13-16(12(3)28-19-13)17(22)20-8-10-21(11-9-20)29(24,25)15-7-6-14(27-15)18(23)26-5-2/h6-7H,4-5,8-11H2,1-3H3. The Hall–Kier alpha value is -2.66. The Morgan fingerprint density at radius 1 is 1.17 bits per heavy atom. The van der Waals surface area contributed by atoms with Crippen molar-refractivity contribution in [2.24, 2.45) is 0 Å². The first kappa shape index (κ1) is 21.1. The van der Waals surface area contributed by atoms with E-state index in [1.165, 1.54) is 16.4 Å². The van der Waals surface area contributed by atoms with Gasteiger partial charge in [-0.1, -0.05) is 12.1 Å². The van der Waals surface area contributed by atoms with Crippen molar-refractivity contribution in [1.82, 2.24) is 14.4 Å². The van der Waals surface area contributed by atoms with Crippen LogP contribution in [0.4, 0.5) is 0 Å². The van der Waals surface area contributed by atoms with Crippen LogP contribution in [0.2, 0.25) is 0 Å². The molecule has 3 rings (SSSR count). The number of amides is 1. The number of hydrogen-bond acceptors (Lipinski definition) is 8. The molecule has 1 aliphatic heterocycles. The highest BCUT2D eigenvalue weighted by atomic mass is 32.2. The van der Waals surface area contributed by atoms with Crippen LogP contribution in [0.15, 0.2) is 26.2 Å². The van der Waals surface area contributed by atoms with Crippen LogP contribution in [0.1, 0.15) is 46.2 Å². The second-order valence-corrected chi connectivity index (χ2v) is 8.32. The maximum Gasteiger partial charge on any atom is 0.374 e. The lowest BCUT2D eigenvalue weighted by Crippen LogP contribution is -2.50. The van der Waals surface area contributed by atoms with Crippen molar-refractivity contribution in [2.75, 3.05) is 32.8 Å². The molecule has 0 aliphatic carbocycles. The lowest BCUT2D eigenvalue weighted by atomic mass is 10.1. The van der Waals surface area contributed by atoms with Crippen LogP contribution in [0, 0.1) is 6.92 Å². The maximum absolute atomic E-state index is 12.8. The fourth-order valence-corrected chi connectivity index (χ4v) is 4.45. The Kier molecular flexibility index (Phi) is 6.08. The summed E-state index contributed by atoms with van der Waals surface area (Å²) < 4.78 is 41.9. The number of nitrogens with zero attached hydrogens (tertiary/aromatic N) is 3. The highest BCUT2D eigenvalue weighted by Crippen LogP contribution is 2.22. The molecule has 1 saturated heterocycles. The number of furan rings is 1. The molecule has 0 unspecified atom stereocenters. The number of esters is 1. The molecule has 0 saturated carbocycles. The van der Waals surface area contributed by atoms with Crippen molar-refractivity contribution >= 4 is 21.9 Å². The van der Waals surface area contributed by atoms with Crippen molar-refractivity contribution in [3.63, 3.8) is 0 Å². The molecule has 29 heavy (non-hydrogen) atoms. The van der Waals surface area contributed by atoms with E-state index in [2.05, 4.69) is 5.16 Å². The van der Waals surface area contributed by atoms with Crippen LogP contribution in [0.3, 0.4) is 0 Å². The fourth-order valence-electron chi connectivity index (χ4n) is 3.12. The molecule has 0 bridgehead atoms. The van der Waals surface area contributed by atoms with E-state index in [-0.39, 0.29) is 49.5 Å². The molecule has 0 N–H and O–H groups in total. The van der Waals surface area contributed by atoms with Gasteiger partial charge in [-0.2, -0.15) is 4.31 Å². The van der Waals surface area contributed by atoms with E-state index in [4.69, 9.17) is 13.7 Å². The number of ether oxygens (including phenoxy) is 1. The quantitative estimate of drug-likeness (QED) is 0.637. The van der Waals surface area contributed by atoms with Crippen molar-refractivity contribution in [3.05, 3.63) is 34.9 Å². The zero-order valence-corrected chi connectivity index (χ0v) is 17.3. The smallest absolute Gasteiger partial charge is 0.374 e. The summed E-state index contributed by atoms with van der Waals surface area (Å²) in [4.78, 5) is 26.1. The molecule has 1 amide bonds. The summed E-state index contributed by atoms with van der Waals surface area (Å²) in [5.74, 6) is -0.668. The normalized spacial score (nSPS) is 15.5. The van der Waals surface area contributed by atoms with Crippen LogP contribution >= 0.6 is 0 Å². The van der Waals surface area contributed by atoms with Crippen molar-refractivity contribution in [3.8, 4) is 0 Å². The number of aryl methyl sites for hydroxylation is 2. The number of carbonyl (C=O) groups excluding carboxylic acids is 2. The average molecular weight is 425 g/mol. The Morgan fingerprint density at radius 3 is 2.48 bits per heavy atom. The highest BCUT2D eigenvalue weighted by molar-refractivity contribution is 7.89. The minimum atomic E-state index is -3.92. The molecule has 158 valence electrons. The van der Waals surface area contributed by atoms with E-state index in [0.29, 0.717) is 23.4 Å². The summed E-state index contributed by atoms with van der Waals surface area (Å²) >= 11 is 0. The second-order valence-electron chi connectivity index (χ2n) is 6.45. The first-order valence-electron chi connectivity index (χ1n) is 9.31. The van der Waals surface area contributed by atoms with E-state index in [1.54, 1.807) is 18.7 Å². The first-order chi connectivity index (χ1) is 13.8. The number of piperazine rings is 1. The molecule has 1 aliphatic rings. The van der Waals surface area contributed by atoms with Crippen LogP contribution in [-0.4, -0.2) is 67.4 Å². The third kappa shape index (κ3) is 4.06. The van der Waals surface area contributed by atoms with Crippen molar-refractivity contribution < 1.29 is 31.7 Å². The molecule has 2 aromatic heterocycles. The molecule has 1 fully saturated rings. The fraction of sp³-hybridized carbons (Fsp3) is 0.500. The van der Waals surface area contributed by atoms with Gasteiger partial charge in [-0.3, -0.25) is 4.79 Å². The van der Waals surface area contributed by atoms with E-state index >= 15 is 0 Å². The van der Waals surface area contributed by atoms with E-state index in [0.717, 1.165) is 0 Å². The van der Waals surface area contributed by atoms with Crippen molar-refractivity contribution in [1.29, 1.82) is 0 Å². The van der Waals surface area contributed by atoms with Gasteiger partial charge >= 0.3 is 5.97 Å². The number of sulfonamides is 1. The summed E-state index contributed by atoms with van der Waals surface area (Å²) in [5, 5.41) is 3.56. The molecule has 11 heteroatoms. The Bertz CT molecular complexity index is 1000. The molecule has 3 heterocycles. The SMILES string of the molecule is CCOC(=O)c1ccc(S(=O)(=O)N2CCN(C(=O)c3c(CC)noc3C)CC2)o1. The van der Waals surface area contributed by atoms with Gasteiger partial charge in [-0.05, 0) is 32.4 Å². The number of aromatic nitrogens is 1. The van der Waals surface area contributed by atoms with Gasteiger partial charge in [0.15, 0.2) is 0 Å². The topological polar surface area (TPSA) is 123 Å². The number of hydrogen-bond donors (Lipinski definition) is 0. The van der Waals surface area contributed by atoms with Crippen LogP contribution < -0.4 is 0 Å². The summed E-state index contributed by atoms with van der Waals surface area (Å²) in [7, 11) is -3.92. The zero-order chi connectivity index (χ0) is 21.2. The first-order valence-corrected chi connectivity index (χ1v) is 10.7. The van der Waals surface area contributed by atoms with Gasteiger partial charge in [0.1, 0.15) is 11.3 Å². The Labute approximate surface area is 168 Å². The Balaban J connectivity index is 1.69. The van der Waals surface area contributed by atoms with Gasteiger partial charge < -0.3 is 18.6 Å². The zero-order valence-electron chi connectivity index (χ0n) is 16.5. The molecular formula is C18H23N3O7S. The van der Waals surface area contributed by atoms with Gasteiger partial charge in [0, 0.05) is 26.2 Å². The molecule has 0 spiro atoms. The van der Waals surface area contributed by atoms with Gasteiger partial charge in [-0.25, -0.2) is 13.2 Å². The maximum atomic E-state index is 12.8. The van der Waals surface area contributed by atoms with E-state index < -0.39 is 16.0 Å². The lowest BCUT2D eigenvalue weighted by molar-refractivity contribution is 0.0483. The Morgan fingerprint density at radius 2 is 1.86 bits per heavy atom. The van der Waals surface area contributed by atoms with Gasteiger partial charge in [-0.15, -0.1) is 0 Å². The van der Waals surface area contributed by atoms with E-state index in [1.807, 2.05) is 6.92 Å². The monoisotopic (exact) mass is 425 g/mol. The minimum absolute atomic E-state index is 0.106. The van der Waals surface area contributed by atoms with Crippen LogP contribution in [0.25, 0.3) is 0 Å². The summed E-state index contributed by atoms with van der Waals surface area (Å²) in [6.07, 6.45) is 0.564.